The molecule has 2 N–H and O–H groups in total. The number of hydrogen-bond donors (Lipinski definition) is 2. The van der Waals surface area contributed by atoms with Crippen molar-refractivity contribution >= 4 is 23.0 Å². The first-order valence-corrected chi connectivity index (χ1v) is 10.4. The molecule has 1 aliphatic rings. The van der Waals surface area contributed by atoms with Gasteiger partial charge in [-0.05, 0) is 80.1 Å². The van der Waals surface area contributed by atoms with Crippen molar-refractivity contribution < 1.29 is 4.74 Å². The summed E-state index contributed by atoms with van der Waals surface area (Å²) in [5.74, 6) is 1.52. The van der Waals surface area contributed by atoms with Gasteiger partial charge in [-0.15, -0.1) is 0 Å². The molecule has 0 aliphatic heterocycles. The number of hydrogen-bond acceptors (Lipinski definition) is 2. The topological polar surface area (TPSA) is 33.3 Å². The van der Waals surface area contributed by atoms with E-state index in [9.17, 15) is 0 Å². The molecule has 2 aromatic carbocycles. The zero-order valence-corrected chi connectivity index (χ0v) is 17.1. The Labute approximate surface area is 168 Å². The lowest BCUT2D eigenvalue weighted by atomic mass is 9.97. The minimum absolute atomic E-state index is 0.205. The van der Waals surface area contributed by atoms with Gasteiger partial charge in [-0.2, -0.15) is 0 Å². The van der Waals surface area contributed by atoms with Crippen LogP contribution in [0, 0.1) is 5.92 Å². The molecule has 1 saturated carbocycles. The second kappa shape index (κ2) is 9.75. The Hall–Kier alpha value is -2.07. The molecule has 0 radical (unpaired) electrons. The van der Waals surface area contributed by atoms with Crippen LogP contribution in [0.1, 0.15) is 57.6 Å². The number of ether oxygens (including phenoxy) is 1. The largest absolute Gasteiger partial charge is 0.490 e. The van der Waals surface area contributed by atoms with Gasteiger partial charge in [0, 0.05) is 5.69 Å². The molecule has 1 aliphatic carbocycles. The third kappa shape index (κ3) is 6.24. The zero-order valence-electron chi connectivity index (χ0n) is 16.3. The third-order valence-electron chi connectivity index (χ3n) is 4.93. The molecule has 0 amide bonds. The first-order valence-electron chi connectivity index (χ1n) is 9.99. The van der Waals surface area contributed by atoms with E-state index in [0.717, 1.165) is 17.9 Å². The van der Waals surface area contributed by atoms with Crippen LogP contribution in [0.25, 0.3) is 0 Å². The summed E-state index contributed by atoms with van der Waals surface area (Å²) in [6.45, 7) is 4.47. The summed E-state index contributed by atoms with van der Waals surface area (Å²) >= 11 is 5.56. The normalized spacial score (nSPS) is 15.5. The maximum absolute atomic E-state index is 6.03. The maximum Gasteiger partial charge on any atom is 0.171 e. The Balaban J connectivity index is 1.56. The summed E-state index contributed by atoms with van der Waals surface area (Å²) in [5, 5.41) is 7.42. The van der Waals surface area contributed by atoms with E-state index in [0.29, 0.717) is 17.1 Å². The zero-order chi connectivity index (χ0) is 19.1. The van der Waals surface area contributed by atoms with Crippen LogP contribution in [0.4, 0.5) is 5.69 Å². The van der Waals surface area contributed by atoms with Crippen LogP contribution in [-0.2, 0) is 0 Å². The summed E-state index contributed by atoms with van der Waals surface area (Å²) in [6, 6.07) is 18.8. The van der Waals surface area contributed by atoms with Crippen LogP contribution in [-0.4, -0.2) is 11.2 Å². The molecule has 0 bridgehead atoms. The fourth-order valence-electron chi connectivity index (χ4n) is 3.58. The number of anilines is 1. The van der Waals surface area contributed by atoms with E-state index in [4.69, 9.17) is 17.0 Å². The number of benzene rings is 2. The second-order valence-corrected chi connectivity index (χ2v) is 8.15. The molecule has 0 heterocycles. The van der Waals surface area contributed by atoms with Gasteiger partial charge < -0.3 is 15.4 Å². The predicted octanol–water partition coefficient (Wildman–Crippen LogP) is 6.08. The van der Waals surface area contributed by atoms with E-state index < -0.39 is 0 Å². The molecule has 3 rings (SSSR count). The van der Waals surface area contributed by atoms with Crippen molar-refractivity contribution in [2.75, 3.05) is 5.32 Å². The summed E-state index contributed by atoms with van der Waals surface area (Å²) < 4.78 is 6.03. The highest BCUT2D eigenvalue weighted by molar-refractivity contribution is 7.80. The molecule has 144 valence electrons. The molecule has 0 unspecified atom stereocenters. The first kappa shape index (κ1) is 19.7. The summed E-state index contributed by atoms with van der Waals surface area (Å²) in [7, 11) is 0. The molecular weight excluding hydrogens is 352 g/mol. The Morgan fingerprint density at radius 1 is 1.04 bits per heavy atom. The third-order valence-corrected chi connectivity index (χ3v) is 5.15. The fraction of sp³-hybridized carbons (Fsp3) is 0.435. The van der Waals surface area contributed by atoms with E-state index in [1.54, 1.807) is 0 Å². The van der Waals surface area contributed by atoms with Gasteiger partial charge in [-0.3, -0.25) is 0 Å². The van der Waals surface area contributed by atoms with E-state index in [1.165, 1.54) is 31.2 Å². The average Bonchev–Trinajstić information content (AvgIpc) is 3.16. The molecule has 0 spiro atoms. The van der Waals surface area contributed by atoms with Crippen LogP contribution in [0.2, 0.25) is 0 Å². The van der Waals surface area contributed by atoms with Gasteiger partial charge in [0.25, 0.3) is 0 Å². The minimum atomic E-state index is 0.205. The van der Waals surface area contributed by atoms with Gasteiger partial charge in [0.05, 0.1) is 12.1 Å². The summed E-state index contributed by atoms with van der Waals surface area (Å²) in [4.78, 5) is 0. The van der Waals surface area contributed by atoms with Gasteiger partial charge >= 0.3 is 0 Å². The Morgan fingerprint density at radius 2 is 1.70 bits per heavy atom. The van der Waals surface area contributed by atoms with E-state index in [-0.39, 0.29) is 6.04 Å². The fourth-order valence-corrected chi connectivity index (χ4v) is 3.84. The van der Waals surface area contributed by atoms with Crippen molar-refractivity contribution in [2.24, 2.45) is 5.92 Å². The Bertz CT molecular complexity index is 709. The van der Waals surface area contributed by atoms with Crippen LogP contribution >= 0.6 is 12.2 Å². The molecule has 1 fully saturated rings. The maximum atomic E-state index is 6.03. The quantitative estimate of drug-likeness (QED) is 0.568. The average molecular weight is 383 g/mol. The van der Waals surface area contributed by atoms with E-state index in [1.807, 2.05) is 30.3 Å². The highest BCUT2D eigenvalue weighted by atomic mass is 32.1. The van der Waals surface area contributed by atoms with Gasteiger partial charge in [0.2, 0.25) is 0 Å². The monoisotopic (exact) mass is 382 g/mol. The molecule has 1 atom stereocenters. The smallest absolute Gasteiger partial charge is 0.171 e. The first-order chi connectivity index (χ1) is 13.1. The Kier molecular flexibility index (Phi) is 7.11. The number of nitrogens with one attached hydrogen (secondary N) is 2. The van der Waals surface area contributed by atoms with Crippen LogP contribution in [0.3, 0.4) is 0 Å². The van der Waals surface area contributed by atoms with Crippen LogP contribution in [0.5, 0.6) is 5.75 Å². The minimum Gasteiger partial charge on any atom is -0.490 e. The van der Waals surface area contributed by atoms with Crippen molar-refractivity contribution in [3.05, 3.63) is 60.2 Å². The van der Waals surface area contributed by atoms with E-state index >= 15 is 0 Å². The highest BCUT2D eigenvalue weighted by Gasteiger charge is 2.17. The second-order valence-electron chi connectivity index (χ2n) is 7.74. The van der Waals surface area contributed by atoms with Crippen LogP contribution in [0.15, 0.2) is 54.6 Å². The number of thiocarbonyl (C=S) groups is 1. The SMILES string of the molecule is CC(C)C[C@@H](NC(=S)Nc1ccc(OC2CCCC2)cc1)c1ccccc1. The summed E-state index contributed by atoms with van der Waals surface area (Å²) in [6.07, 6.45) is 6.32. The van der Waals surface area contributed by atoms with Crippen molar-refractivity contribution in [1.29, 1.82) is 0 Å². The van der Waals surface area contributed by atoms with Crippen LogP contribution < -0.4 is 15.4 Å². The molecular formula is C23H30N2OS. The lowest BCUT2D eigenvalue weighted by Gasteiger charge is -2.23. The molecule has 2 aromatic rings. The summed E-state index contributed by atoms with van der Waals surface area (Å²) in [5.41, 5.74) is 2.23. The van der Waals surface area contributed by atoms with Crippen molar-refractivity contribution in [3.8, 4) is 5.75 Å². The Morgan fingerprint density at radius 3 is 2.33 bits per heavy atom. The molecule has 0 aromatic heterocycles. The predicted molar refractivity (Wildman–Crippen MR) is 117 cm³/mol. The van der Waals surface area contributed by atoms with Gasteiger partial charge in [-0.1, -0.05) is 44.2 Å². The number of rotatable bonds is 7. The lowest BCUT2D eigenvalue weighted by Crippen LogP contribution is -2.33. The van der Waals surface area contributed by atoms with Gasteiger partial charge in [-0.25, -0.2) is 0 Å². The lowest BCUT2D eigenvalue weighted by molar-refractivity contribution is 0.210. The van der Waals surface area contributed by atoms with Gasteiger partial charge in [0.1, 0.15) is 5.75 Å². The highest BCUT2D eigenvalue weighted by Crippen LogP contribution is 2.25. The van der Waals surface area contributed by atoms with Gasteiger partial charge in [0.15, 0.2) is 5.11 Å². The van der Waals surface area contributed by atoms with Crippen molar-refractivity contribution in [3.63, 3.8) is 0 Å². The van der Waals surface area contributed by atoms with E-state index in [2.05, 4.69) is 48.7 Å². The molecule has 27 heavy (non-hydrogen) atoms. The molecule has 0 saturated heterocycles. The molecule has 4 heteroatoms. The standard InChI is InChI=1S/C23H30N2OS/c1-17(2)16-22(18-8-4-3-5-9-18)25-23(27)24-19-12-14-21(15-13-19)26-20-10-6-7-11-20/h3-5,8-9,12-15,17,20,22H,6-7,10-11,16H2,1-2H3,(H2,24,25,27)/t22-/m1/s1. The van der Waals surface area contributed by atoms with Crippen molar-refractivity contribution in [2.45, 2.75) is 58.1 Å². The molecule has 3 nitrogen and oxygen atoms in total. The van der Waals surface area contributed by atoms with Crippen molar-refractivity contribution in [1.82, 2.24) is 5.32 Å².